The van der Waals surface area contributed by atoms with Gasteiger partial charge < -0.3 is 11.1 Å². The molecule has 1 heterocycles. The lowest BCUT2D eigenvalue weighted by Gasteiger charge is -2.27. The van der Waals surface area contributed by atoms with Gasteiger partial charge in [0.2, 0.25) is 0 Å². The van der Waals surface area contributed by atoms with Crippen LogP contribution in [0, 0.1) is 6.92 Å². The number of hydrogen-bond donors (Lipinski definition) is 2. The van der Waals surface area contributed by atoms with E-state index in [2.05, 4.69) is 10.3 Å². The molecule has 3 N–H and O–H groups in total. The van der Waals surface area contributed by atoms with Crippen molar-refractivity contribution in [3.05, 3.63) is 45.9 Å². The lowest BCUT2D eigenvalue weighted by Crippen LogP contribution is -2.43. The lowest BCUT2D eigenvalue weighted by atomic mass is 9.98. The number of hydrogen-bond acceptors (Lipinski definition) is 4. The van der Waals surface area contributed by atoms with Crippen LogP contribution < -0.4 is 11.1 Å². The van der Waals surface area contributed by atoms with Crippen LogP contribution in [-0.4, -0.2) is 10.9 Å². The highest BCUT2D eigenvalue weighted by Gasteiger charge is 2.29. The number of carbonyl (C=O) groups excluding carboxylic acids is 1. The molecule has 2 rings (SSSR count). The summed E-state index contributed by atoms with van der Waals surface area (Å²) in [5.74, 6) is -0.116. The third-order valence-electron chi connectivity index (χ3n) is 3.51. The number of anilines is 1. The third-order valence-corrected chi connectivity index (χ3v) is 4.54. The second-order valence-corrected chi connectivity index (χ2v) is 5.95. The van der Waals surface area contributed by atoms with Crippen molar-refractivity contribution < 1.29 is 4.79 Å². The van der Waals surface area contributed by atoms with Crippen LogP contribution in [0.1, 0.15) is 41.2 Å². The molecule has 5 heteroatoms. The number of aryl methyl sites for hydroxylation is 1. The van der Waals surface area contributed by atoms with E-state index in [4.69, 9.17) is 5.73 Å². The number of nitrogens with one attached hydrogen (secondary N) is 1. The number of thiazole rings is 1. The van der Waals surface area contributed by atoms with Crippen molar-refractivity contribution >= 4 is 22.9 Å². The first-order valence-electron chi connectivity index (χ1n) is 6.55. The summed E-state index contributed by atoms with van der Waals surface area (Å²) < 4.78 is 0. The summed E-state index contributed by atoms with van der Waals surface area (Å²) in [6, 6.07) is 5.37. The molecule has 0 saturated heterocycles. The molecule has 106 valence electrons. The summed E-state index contributed by atoms with van der Waals surface area (Å²) in [4.78, 5) is 16.8. The predicted octanol–water partition coefficient (Wildman–Crippen LogP) is 3.09. The Morgan fingerprint density at radius 3 is 2.85 bits per heavy atom. The molecule has 0 bridgehead atoms. The molecule has 0 aliphatic heterocycles. The van der Waals surface area contributed by atoms with Crippen LogP contribution in [-0.2, 0) is 5.54 Å². The molecule has 0 aliphatic carbocycles. The average Bonchev–Trinajstić information content (AvgIpc) is 2.96. The molecule has 1 unspecified atom stereocenters. The van der Waals surface area contributed by atoms with Gasteiger partial charge in [-0.05, 0) is 38.0 Å². The quantitative estimate of drug-likeness (QED) is 0.850. The number of nitrogens with zero attached hydrogens (tertiary/aromatic N) is 1. The molecular weight excluding hydrogens is 270 g/mol. The van der Waals surface area contributed by atoms with Gasteiger partial charge in [-0.1, -0.05) is 13.0 Å². The fourth-order valence-electron chi connectivity index (χ4n) is 1.99. The Balaban J connectivity index is 2.28. The Morgan fingerprint density at radius 1 is 1.50 bits per heavy atom. The van der Waals surface area contributed by atoms with Gasteiger partial charge in [-0.15, -0.1) is 11.3 Å². The van der Waals surface area contributed by atoms with Crippen molar-refractivity contribution in [1.29, 1.82) is 0 Å². The zero-order valence-electron chi connectivity index (χ0n) is 11.9. The summed E-state index contributed by atoms with van der Waals surface area (Å²) >= 11 is 1.55. The number of carbonyl (C=O) groups is 1. The molecule has 0 spiro atoms. The number of amides is 1. The Hall–Kier alpha value is -1.88. The van der Waals surface area contributed by atoms with Gasteiger partial charge in [0.15, 0.2) is 0 Å². The van der Waals surface area contributed by atoms with Crippen LogP contribution >= 0.6 is 11.3 Å². The molecular formula is C15H19N3OS. The van der Waals surface area contributed by atoms with E-state index < -0.39 is 5.54 Å². The molecule has 2 aromatic rings. The zero-order valence-corrected chi connectivity index (χ0v) is 12.8. The van der Waals surface area contributed by atoms with Crippen molar-refractivity contribution in [2.24, 2.45) is 0 Å². The molecule has 0 radical (unpaired) electrons. The van der Waals surface area contributed by atoms with Crippen LogP contribution in [0.25, 0.3) is 0 Å². The van der Waals surface area contributed by atoms with Gasteiger partial charge in [0, 0.05) is 22.8 Å². The highest BCUT2D eigenvalue weighted by molar-refractivity contribution is 7.09. The molecule has 1 aromatic heterocycles. The predicted molar refractivity (Wildman–Crippen MR) is 82.8 cm³/mol. The van der Waals surface area contributed by atoms with Crippen LogP contribution in [0.15, 0.2) is 29.8 Å². The molecule has 1 atom stereocenters. The fourth-order valence-corrected chi connectivity index (χ4v) is 2.82. The van der Waals surface area contributed by atoms with E-state index in [1.54, 1.807) is 29.7 Å². The minimum absolute atomic E-state index is 0.116. The Labute approximate surface area is 123 Å². The Bertz CT molecular complexity index is 610. The molecule has 4 nitrogen and oxygen atoms in total. The second kappa shape index (κ2) is 5.63. The minimum atomic E-state index is -0.456. The van der Waals surface area contributed by atoms with Gasteiger partial charge in [0.25, 0.3) is 5.91 Å². The molecule has 0 saturated carbocycles. The first-order valence-corrected chi connectivity index (χ1v) is 7.43. The van der Waals surface area contributed by atoms with Crippen LogP contribution in [0.2, 0.25) is 0 Å². The van der Waals surface area contributed by atoms with Crippen LogP contribution in [0.5, 0.6) is 0 Å². The minimum Gasteiger partial charge on any atom is -0.399 e. The normalized spacial score (nSPS) is 13.8. The maximum Gasteiger partial charge on any atom is 0.252 e. The van der Waals surface area contributed by atoms with Crippen molar-refractivity contribution in [3.8, 4) is 0 Å². The van der Waals surface area contributed by atoms with Gasteiger partial charge in [-0.3, -0.25) is 4.79 Å². The van der Waals surface area contributed by atoms with Crippen molar-refractivity contribution in [3.63, 3.8) is 0 Å². The van der Waals surface area contributed by atoms with Gasteiger partial charge in [-0.25, -0.2) is 4.98 Å². The van der Waals surface area contributed by atoms with E-state index in [0.29, 0.717) is 11.3 Å². The number of benzene rings is 1. The summed E-state index contributed by atoms with van der Waals surface area (Å²) in [7, 11) is 0. The van der Waals surface area contributed by atoms with E-state index in [9.17, 15) is 4.79 Å². The highest BCUT2D eigenvalue weighted by Crippen LogP contribution is 2.27. The maximum atomic E-state index is 12.5. The van der Waals surface area contributed by atoms with Crippen LogP contribution in [0.4, 0.5) is 5.69 Å². The van der Waals surface area contributed by atoms with E-state index in [1.165, 1.54) is 0 Å². The molecule has 0 aliphatic rings. The molecule has 1 amide bonds. The largest absolute Gasteiger partial charge is 0.399 e. The van der Waals surface area contributed by atoms with Gasteiger partial charge in [-0.2, -0.15) is 0 Å². The van der Waals surface area contributed by atoms with E-state index in [-0.39, 0.29) is 5.91 Å². The van der Waals surface area contributed by atoms with E-state index >= 15 is 0 Å². The third kappa shape index (κ3) is 2.82. The number of rotatable bonds is 4. The topological polar surface area (TPSA) is 68.0 Å². The fraction of sp³-hybridized carbons (Fsp3) is 0.333. The number of nitrogens with two attached hydrogens (primary N) is 1. The first-order chi connectivity index (χ1) is 9.46. The van der Waals surface area contributed by atoms with E-state index in [0.717, 1.165) is 17.0 Å². The van der Waals surface area contributed by atoms with E-state index in [1.807, 2.05) is 32.2 Å². The lowest BCUT2D eigenvalue weighted by molar-refractivity contribution is 0.0901. The van der Waals surface area contributed by atoms with Crippen molar-refractivity contribution in [1.82, 2.24) is 10.3 Å². The summed E-state index contributed by atoms with van der Waals surface area (Å²) in [6.07, 6.45) is 2.53. The molecule has 20 heavy (non-hydrogen) atoms. The first kappa shape index (κ1) is 14.5. The molecule has 0 fully saturated rings. The van der Waals surface area contributed by atoms with Crippen molar-refractivity contribution in [2.75, 3.05) is 5.73 Å². The summed E-state index contributed by atoms with van der Waals surface area (Å²) in [6.45, 7) is 5.93. The molecule has 1 aromatic carbocycles. The zero-order chi connectivity index (χ0) is 14.8. The van der Waals surface area contributed by atoms with Crippen LogP contribution in [0.3, 0.4) is 0 Å². The highest BCUT2D eigenvalue weighted by atomic mass is 32.1. The summed E-state index contributed by atoms with van der Waals surface area (Å²) in [5.41, 5.74) is 7.42. The number of aromatic nitrogens is 1. The Morgan fingerprint density at radius 2 is 2.25 bits per heavy atom. The van der Waals surface area contributed by atoms with Gasteiger partial charge in [0.05, 0.1) is 5.54 Å². The maximum absolute atomic E-state index is 12.5. The van der Waals surface area contributed by atoms with Gasteiger partial charge in [0.1, 0.15) is 5.01 Å². The van der Waals surface area contributed by atoms with Crippen molar-refractivity contribution in [2.45, 2.75) is 32.7 Å². The van der Waals surface area contributed by atoms with Gasteiger partial charge >= 0.3 is 0 Å². The Kier molecular flexibility index (Phi) is 4.09. The smallest absolute Gasteiger partial charge is 0.252 e. The monoisotopic (exact) mass is 289 g/mol. The number of nitrogen functional groups attached to an aromatic ring is 1. The second-order valence-electron chi connectivity index (χ2n) is 5.05. The SMILES string of the molecule is CCC(C)(NC(=O)c1cc(N)ccc1C)c1nccs1. The standard InChI is InChI=1S/C15H19N3OS/c1-4-15(3,14-17-7-8-20-14)18-13(19)12-9-11(16)6-5-10(12)2/h5-9H,4,16H2,1-3H3,(H,18,19). The average molecular weight is 289 g/mol. The summed E-state index contributed by atoms with van der Waals surface area (Å²) in [5, 5.41) is 5.91.